The summed E-state index contributed by atoms with van der Waals surface area (Å²) in [4.78, 5) is 28.4. The largest absolute Gasteiger partial charge is 0.438 e. The van der Waals surface area contributed by atoms with Crippen molar-refractivity contribution in [1.82, 2.24) is 15.8 Å². The molecule has 2 N–H and O–H groups in total. The average molecular weight is 351 g/mol. The molecule has 0 aliphatic rings. The molecule has 0 radical (unpaired) electrons. The number of ether oxygens (including phenoxy) is 1. The maximum atomic E-state index is 13.2. The molecule has 0 saturated heterocycles. The Kier molecular flexibility index (Phi) is 5.19. The highest BCUT2D eigenvalue weighted by atomic mass is 19.1. The number of nitrogens with one attached hydrogen (secondary N) is 2. The zero-order valence-electron chi connectivity index (χ0n) is 13.5. The van der Waals surface area contributed by atoms with Crippen LogP contribution in [0.4, 0.5) is 4.39 Å². The molecule has 6 nitrogen and oxygen atoms in total. The molecule has 0 spiro atoms. The van der Waals surface area contributed by atoms with Gasteiger partial charge in [-0.1, -0.05) is 24.3 Å². The summed E-state index contributed by atoms with van der Waals surface area (Å²) in [6, 6.07) is 17.1. The molecule has 2 amide bonds. The minimum absolute atomic E-state index is 0.0808. The molecule has 0 unspecified atom stereocenters. The van der Waals surface area contributed by atoms with Gasteiger partial charge in [0.25, 0.3) is 11.8 Å². The van der Waals surface area contributed by atoms with Gasteiger partial charge in [-0.05, 0) is 42.5 Å². The van der Waals surface area contributed by atoms with Gasteiger partial charge in [-0.15, -0.1) is 0 Å². The molecule has 0 aliphatic carbocycles. The first-order valence-electron chi connectivity index (χ1n) is 7.67. The lowest BCUT2D eigenvalue weighted by molar-refractivity contribution is 0.0844. The number of rotatable bonds is 4. The van der Waals surface area contributed by atoms with Crippen molar-refractivity contribution in [3.63, 3.8) is 0 Å². The Hall–Kier alpha value is -3.74. The fraction of sp³-hybridized carbons (Fsp3) is 0. The Bertz CT molecular complexity index is 932. The summed E-state index contributed by atoms with van der Waals surface area (Å²) >= 11 is 0. The van der Waals surface area contributed by atoms with E-state index in [1.807, 2.05) is 6.07 Å². The number of carbonyl (C=O) groups excluding carboxylic acids is 2. The number of hydrogen-bond acceptors (Lipinski definition) is 4. The van der Waals surface area contributed by atoms with Gasteiger partial charge in [0.05, 0.1) is 0 Å². The van der Waals surface area contributed by atoms with E-state index in [0.717, 1.165) is 6.07 Å². The van der Waals surface area contributed by atoms with Gasteiger partial charge in [0.1, 0.15) is 17.1 Å². The van der Waals surface area contributed by atoms with Crippen molar-refractivity contribution in [3.05, 3.63) is 89.9 Å². The Morgan fingerprint density at radius 3 is 2.42 bits per heavy atom. The number of nitrogens with zero attached hydrogens (tertiary/aromatic N) is 1. The third kappa shape index (κ3) is 4.21. The van der Waals surface area contributed by atoms with Crippen LogP contribution in [0.25, 0.3) is 0 Å². The van der Waals surface area contributed by atoms with Crippen LogP contribution in [0, 0.1) is 5.82 Å². The topological polar surface area (TPSA) is 80.3 Å². The molecule has 3 aromatic rings. The van der Waals surface area contributed by atoms with E-state index in [1.54, 1.807) is 30.3 Å². The smallest absolute Gasteiger partial charge is 0.275 e. The Labute approximate surface area is 148 Å². The predicted octanol–water partition coefficient (Wildman–Crippen LogP) is 3.09. The van der Waals surface area contributed by atoms with E-state index in [4.69, 9.17) is 4.74 Å². The molecule has 0 fully saturated rings. The van der Waals surface area contributed by atoms with Gasteiger partial charge in [-0.2, -0.15) is 0 Å². The number of hydrazine groups is 1. The second kappa shape index (κ2) is 7.89. The van der Waals surface area contributed by atoms with Crippen LogP contribution < -0.4 is 15.6 Å². The Morgan fingerprint density at radius 2 is 1.65 bits per heavy atom. The van der Waals surface area contributed by atoms with Crippen LogP contribution >= 0.6 is 0 Å². The van der Waals surface area contributed by atoms with Crippen LogP contribution in [0.5, 0.6) is 11.6 Å². The maximum Gasteiger partial charge on any atom is 0.275 e. The van der Waals surface area contributed by atoms with Gasteiger partial charge >= 0.3 is 0 Å². The molecule has 130 valence electrons. The summed E-state index contributed by atoms with van der Waals surface area (Å²) in [5.41, 5.74) is 4.70. The first-order chi connectivity index (χ1) is 12.6. The second-order valence-corrected chi connectivity index (χ2v) is 5.19. The third-order valence-electron chi connectivity index (χ3n) is 3.35. The van der Waals surface area contributed by atoms with Crippen molar-refractivity contribution in [2.75, 3.05) is 0 Å². The lowest BCUT2D eigenvalue weighted by Crippen LogP contribution is -2.41. The Balaban J connectivity index is 1.69. The molecule has 26 heavy (non-hydrogen) atoms. The summed E-state index contributed by atoms with van der Waals surface area (Å²) < 4.78 is 18.8. The van der Waals surface area contributed by atoms with E-state index >= 15 is 0 Å². The van der Waals surface area contributed by atoms with E-state index in [-0.39, 0.29) is 17.0 Å². The number of hydrogen-bond donors (Lipinski definition) is 2. The van der Waals surface area contributed by atoms with Crippen molar-refractivity contribution in [2.24, 2.45) is 0 Å². The molecule has 0 aliphatic heterocycles. The molecule has 0 atom stereocenters. The van der Waals surface area contributed by atoms with Crippen molar-refractivity contribution in [1.29, 1.82) is 0 Å². The zero-order valence-corrected chi connectivity index (χ0v) is 13.5. The van der Waals surface area contributed by atoms with Gasteiger partial charge in [-0.25, -0.2) is 9.37 Å². The number of halogens is 1. The van der Waals surface area contributed by atoms with Crippen LogP contribution in [0.2, 0.25) is 0 Å². The van der Waals surface area contributed by atoms with Gasteiger partial charge in [0.2, 0.25) is 5.88 Å². The average Bonchev–Trinajstić information content (AvgIpc) is 2.67. The van der Waals surface area contributed by atoms with Crippen LogP contribution in [0.1, 0.15) is 20.7 Å². The molecule has 1 heterocycles. The van der Waals surface area contributed by atoms with Crippen molar-refractivity contribution < 1.29 is 18.7 Å². The highest BCUT2D eigenvalue weighted by Crippen LogP contribution is 2.22. The molecular weight excluding hydrogens is 337 g/mol. The standard InChI is InChI=1S/C19H14FN3O3/c20-14-7-4-6-13(12-14)17(24)22-23-18(25)16-10-5-11-21-19(16)26-15-8-2-1-3-9-15/h1-12H,(H,22,24)(H,23,25). The number of aromatic nitrogens is 1. The predicted molar refractivity (Wildman–Crippen MR) is 92.1 cm³/mol. The lowest BCUT2D eigenvalue weighted by Gasteiger charge is -2.11. The highest BCUT2D eigenvalue weighted by Gasteiger charge is 2.15. The molecule has 2 aromatic carbocycles. The molecule has 1 aromatic heterocycles. The number of carbonyl (C=O) groups is 2. The van der Waals surface area contributed by atoms with E-state index in [9.17, 15) is 14.0 Å². The minimum Gasteiger partial charge on any atom is -0.438 e. The number of para-hydroxylation sites is 1. The summed E-state index contributed by atoms with van der Waals surface area (Å²) in [6.45, 7) is 0. The van der Waals surface area contributed by atoms with Crippen LogP contribution in [0.15, 0.2) is 72.9 Å². The quantitative estimate of drug-likeness (QED) is 0.708. The minimum atomic E-state index is -0.646. The molecular formula is C19H14FN3O3. The number of benzene rings is 2. The van der Waals surface area contributed by atoms with Gasteiger partial charge in [0.15, 0.2) is 0 Å². The first kappa shape index (κ1) is 17.1. The van der Waals surface area contributed by atoms with Gasteiger partial charge < -0.3 is 4.74 Å². The van der Waals surface area contributed by atoms with E-state index in [1.165, 1.54) is 30.5 Å². The van der Waals surface area contributed by atoms with E-state index < -0.39 is 17.6 Å². The monoisotopic (exact) mass is 351 g/mol. The Morgan fingerprint density at radius 1 is 0.885 bits per heavy atom. The highest BCUT2D eigenvalue weighted by molar-refractivity contribution is 6.00. The zero-order chi connectivity index (χ0) is 18.4. The SMILES string of the molecule is O=C(NNC(=O)c1cccnc1Oc1ccccc1)c1cccc(F)c1. The first-order valence-corrected chi connectivity index (χ1v) is 7.67. The van der Waals surface area contributed by atoms with Crippen molar-refractivity contribution in [3.8, 4) is 11.6 Å². The fourth-order valence-corrected chi connectivity index (χ4v) is 2.13. The van der Waals surface area contributed by atoms with E-state index in [0.29, 0.717) is 5.75 Å². The van der Waals surface area contributed by atoms with Crippen LogP contribution in [0.3, 0.4) is 0 Å². The third-order valence-corrected chi connectivity index (χ3v) is 3.35. The number of pyridine rings is 1. The van der Waals surface area contributed by atoms with Crippen molar-refractivity contribution >= 4 is 11.8 Å². The summed E-state index contributed by atoms with van der Waals surface area (Å²) in [5, 5.41) is 0. The molecule has 0 saturated carbocycles. The number of amides is 2. The van der Waals surface area contributed by atoms with Gasteiger partial charge in [-0.3, -0.25) is 20.4 Å². The lowest BCUT2D eigenvalue weighted by atomic mass is 10.2. The molecule has 0 bridgehead atoms. The summed E-state index contributed by atoms with van der Waals surface area (Å²) in [5.74, 6) is -1.20. The van der Waals surface area contributed by atoms with Crippen molar-refractivity contribution in [2.45, 2.75) is 0 Å². The fourth-order valence-electron chi connectivity index (χ4n) is 2.13. The van der Waals surface area contributed by atoms with E-state index in [2.05, 4.69) is 15.8 Å². The normalized spacial score (nSPS) is 10.0. The molecule has 3 rings (SSSR count). The van der Waals surface area contributed by atoms with Gasteiger partial charge in [0, 0.05) is 11.8 Å². The summed E-state index contributed by atoms with van der Waals surface area (Å²) in [7, 11) is 0. The molecule has 7 heteroatoms. The second-order valence-electron chi connectivity index (χ2n) is 5.19. The summed E-state index contributed by atoms with van der Waals surface area (Å²) in [6.07, 6.45) is 1.49. The van der Waals surface area contributed by atoms with Crippen LogP contribution in [-0.4, -0.2) is 16.8 Å². The van der Waals surface area contributed by atoms with Crippen LogP contribution in [-0.2, 0) is 0 Å². The maximum absolute atomic E-state index is 13.2.